The number of hydrogen-bond donors (Lipinski definition) is 2. The van der Waals surface area contributed by atoms with Gasteiger partial charge in [0.15, 0.2) is 0 Å². The normalized spacial score (nSPS) is 8.67. The van der Waals surface area contributed by atoms with Crippen LogP contribution in [0.5, 0.6) is 0 Å². The highest BCUT2D eigenvalue weighted by Gasteiger charge is 2.20. The second-order valence-corrected chi connectivity index (χ2v) is 0.811. The molecule has 0 aromatic rings. The second-order valence-electron chi connectivity index (χ2n) is 0.811. The summed E-state index contributed by atoms with van der Waals surface area (Å²) in [7, 11) is -6.00. The molecule has 0 aliphatic rings. The Morgan fingerprint density at radius 2 is 1.33 bits per heavy atom. The average Bonchev–Trinajstić information content (AvgIpc) is 1.27. The Morgan fingerprint density at radius 1 is 1.33 bits per heavy atom. The van der Waals surface area contributed by atoms with Crippen molar-refractivity contribution in [2.75, 3.05) is 6.61 Å². The van der Waals surface area contributed by atoms with E-state index in [1.807, 2.05) is 0 Å². The molecule has 7 heteroatoms. The Kier molecular flexibility index (Phi) is 13.6. The fourth-order valence-corrected chi connectivity index (χ4v) is 0. The van der Waals surface area contributed by atoms with E-state index in [0.29, 0.717) is 0 Å². The van der Waals surface area contributed by atoms with Gasteiger partial charge in [-0.3, -0.25) is 0 Å². The van der Waals surface area contributed by atoms with Crippen molar-refractivity contribution in [3.8, 4) is 0 Å². The molecule has 4 N–H and O–H groups in total. The molecule has 0 saturated carbocycles. The van der Waals surface area contributed by atoms with Gasteiger partial charge in [0.1, 0.15) is 0 Å². The summed E-state index contributed by atoms with van der Waals surface area (Å²) in [6.07, 6.45) is 0. The lowest BCUT2D eigenvalue weighted by Gasteiger charge is -1.94. The van der Waals surface area contributed by atoms with Gasteiger partial charge < -0.3 is 28.5 Å². The first-order valence-electron chi connectivity index (χ1n) is 1.90. The van der Waals surface area contributed by atoms with Crippen LogP contribution in [-0.4, -0.2) is 19.0 Å². The lowest BCUT2D eigenvalue weighted by atomic mass is 10.3. The molecule has 0 saturated heterocycles. The van der Waals surface area contributed by atoms with Gasteiger partial charge in [0.2, 0.25) is 0 Å². The molecule has 0 aromatic heterocycles. The van der Waals surface area contributed by atoms with Crippen LogP contribution >= 0.6 is 0 Å². The smallest absolute Gasteiger partial charge is 0.418 e. The SMILES string of the molecule is CCO.F[B-](F)(F)F.N.[H+]. The minimum Gasteiger partial charge on any atom is -0.418 e. The molecule has 0 radical (unpaired) electrons. The van der Waals surface area contributed by atoms with E-state index in [4.69, 9.17) is 5.11 Å². The van der Waals surface area contributed by atoms with E-state index >= 15 is 0 Å². The van der Waals surface area contributed by atoms with Gasteiger partial charge in [-0.15, -0.1) is 0 Å². The van der Waals surface area contributed by atoms with Crippen LogP contribution in [0.4, 0.5) is 17.3 Å². The maximum absolute atomic E-state index is 9.75. The van der Waals surface area contributed by atoms with Crippen molar-refractivity contribution in [1.82, 2.24) is 6.15 Å². The van der Waals surface area contributed by atoms with E-state index in [9.17, 15) is 17.3 Å². The summed E-state index contributed by atoms with van der Waals surface area (Å²) in [5.41, 5.74) is 0. The van der Waals surface area contributed by atoms with E-state index in [0.717, 1.165) is 0 Å². The summed E-state index contributed by atoms with van der Waals surface area (Å²) in [5.74, 6) is 0. The molecule has 0 aromatic carbocycles. The van der Waals surface area contributed by atoms with Crippen molar-refractivity contribution in [3.05, 3.63) is 0 Å². The minimum atomic E-state index is -6.00. The van der Waals surface area contributed by atoms with Crippen LogP contribution < -0.4 is 6.15 Å². The Labute approximate surface area is 52.0 Å². The first-order valence-corrected chi connectivity index (χ1v) is 1.90. The monoisotopic (exact) mass is 151 g/mol. The topological polar surface area (TPSA) is 55.2 Å². The Balaban J connectivity index is -0.0000000326. The van der Waals surface area contributed by atoms with Crippen LogP contribution in [0.2, 0.25) is 0 Å². The molecule has 0 amide bonds. The van der Waals surface area contributed by atoms with Gasteiger partial charge in [0, 0.05) is 6.61 Å². The highest BCUT2D eigenvalue weighted by molar-refractivity contribution is 6.50. The molecule has 0 rings (SSSR count). The van der Waals surface area contributed by atoms with E-state index < -0.39 is 7.25 Å². The molecule has 0 bridgehead atoms. The van der Waals surface area contributed by atoms with Crippen LogP contribution in [0.25, 0.3) is 0 Å². The van der Waals surface area contributed by atoms with E-state index in [-0.39, 0.29) is 14.2 Å². The highest BCUT2D eigenvalue weighted by Crippen LogP contribution is 2.06. The van der Waals surface area contributed by atoms with Crippen molar-refractivity contribution in [2.45, 2.75) is 6.92 Å². The van der Waals surface area contributed by atoms with Crippen LogP contribution in [-0.2, 0) is 0 Å². The summed E-state index contributed by atoms with van der Waals surface area (Å²) in [5, 5.41) is 7.57. The predicted octanol–water partition coefficient (Wildman–Crippen LogP) is 1.57. The molecular weight excluding hydrogens is 141 g/mol. The van der Waals surface area contributed by atoms with E-state index in [1.165, 1.54) is 0 Å². The molecule has 0 aliphatic heterocycles. The lowest BCUT2D eigenvalue weighted by molar-refractivity contribution is 0.318. The maximum atomic E-state index is 9.75. The van der Waals surface area contributed by atoms with Crippen molar-refractivity contribution in [3.63, 3.8) is 0 Å². The predicted molar refractivity (Wildman–Crippen MR) is 29.1 cm³/mol. The third-order valence-corrected chi connectivity index (χ3v) is 0. The van der Waals surface area contributed by atoms with Crippen LogP contribution in [0.3, 0.4) is 0 Å². The lowest BCUT2D eigenvalue weighted by Crippen LogP contribution is -2.02. The summed E-state index contributed by atoms with van der Waals surface area (Å²) >= 11 is 0. The maximum Gasteiger partial charge on any atom is 1.00 e. The van der Waals surface area contributed by atoms with Gasteiger partial charge in [-0.1, -0.05) is 0 Å². The molecule has 0 aliphatic carbocycles. The van der Waals surface area contributed by atoms with Crippen LogP contribution in [0.15, 0.2) is 0 Å². The summed E-state index contributed by atoms with van der Waals surface area (Å²) in [6, 6.07) is 0. The number of hydrogen-bond acceptors (Lipinski definition) is 2. The number of aliphatic hydroxyl groups is 1. The largest absolute Gasteiger partial charge is 1.00 e. The van der Waals surface area contributed by atoms with Gasteiger partial charge in [-0.25, -0.2) is 0 Å². The summed E-state index contributed by atoms with van der Waals surface area (Å²) in [6.45, 7) is 1.93. The molecule has 9 heavy (non-hydrogen) atoms. The van der Waals surface area contributed by atoms with Gasteiger partial charge in [-0.2, -0.15) is 0 Å². The van der Waals surface area contributed by atoms with Crippen molar-refractivity contribution in [1.29, 1.82) is 0 Å². The zero-order valence-electron chi connectivity index (χ0n) is 5.95. The molecular formula is C2H10BF4NO. The van der Waals surface area contributed by atoms with Crippen LogP contribution in [0, 0.1) is 0 Å². The first kappa shape index (κ1) is 15.9. The van der Waals surface area contributed by atoms with Crippen molar-refractivity contribution < 1.29 is 23.8 Å². The summed E-state index contributed by atoms with van der Waals surface area (Å²) < 4.78 is 39.0. The van der Waals surface area contributed by atoms with Crippen LogP contribution in [0.1, 0.15) is 8.35 Å². The van der Waals surface area contributed by atoms with Gasteiger partial charge in [0.25, 0.3) is 0 Å². The molecule has 0 spiro atoms. The second kappa shape index (κ2) is 7.70. The zero-order valence-corrected chi connectivity index (χ0v) is 4.95. The quantitative estimate of drug-likeness (QED) is 0.407. The zero-order chi connectivity index (χ0) is 7.21. The third kappa shape index (κ3) is 2880. The third-order valence-electron chi connectivity index (χ3n) is 0. The molecule has 60 valence electrons. The standard InChI is InChI=1S/C2H6O.BF4.H3N/c1-2-3;2-1(3,4)5;/h3H,2H2,1H3;;1H3/q;-1;/p+1. The van der Waals surface area contributed by atoms with Gasteiger partial charge in [-0.05, 0) is 6.92 Å². The molecule has 0 unspecified atom stereocenters. The molecule has 2 nitrogen and oxygen atoms in total. The summed E-state index contributed by atoms with van der Waals surface area (Å²) in [4.78, 5) is 0. The van der Waals surface area contributed by atoms with E-state index in [2.05, 4.69) is 0 Å². The van der Waals surface area contributed by atoms with Gasteiger partial charge >= 0.3 is 8.68 Å². The number of rotatable bonds is 0. The van der Waals surface area contributed by atoms with Crippen molar-refractivity contribution in [2.24, 2.45) is 0 Å². The molecule has 0 atom stereocenters. The Bertz CT molecular complexity index is 47.0. The fourth-order valence-electron chi connectivity index (χ4n) is 0. The Morgan fingerprint density at radius 3 is 1.33 bits per heavy atom. The highest BCUT2D eigenvalue weighted by atomic mass is 19.5. The number of aliphatic hydroxyl groups excluding tert-OH is 1. The average molecular weight is 151 g/mol. The Hall–Kier alpha value is -0.295. The molecule has 0 heterocycles. The number of halogens is 4. The fraction of sp³-hybridized carbons (Fsp3) is 1.00. The first-order chi connectivity index (χ1) is 3.41. The van der Waals surface area contributed by atoms with E-state index in [1.54, 1.807) is 6.92 Å². The van der Waals surface area contributed by atoms with Gasteiger partial charge in [0.05, 0.1) is 0 Å². The van der Waals surface area contributed by atoms with Crippen molar-refractivity contribution >= 4 is 7.25 Å². The minimum absolute atomic E-state index is 0. The molecule has 0 fully saturated rings.